The molecule has 2 heterocycles. The summed E-state index contributed by atoms with van der Waals surface area (Å²) >= 11 is 0. The maximum Gasteiger partial charge on any atom is 0.311 e. The van der Waals surface area contributed by atoms with Crippen molar-refractivity contribution < 1.29 is 4.57 Å². The topological polar surface area (TPSA) is 21.7 Å². The minimum Gasteiger partial charge on any atom is -0.230 e. The maximum absolute atomic E-state index is 4.43. The van der Waals surface area contributed by atoms with Gasteiger partial charge >= 0.3 is 5.65 Å². The zero-order chi connectivity index (χ0) is 11.0. The third-order valence-electron chi connectivity index (χ3n) is 2.61. The molecule has 0 aromatic carbocycles. The van der Waals surface area contributed by atoms with E-state index in [1.54, 1.807) is 0 Å². The summed E-state index contributed by atoms with van der Waals surface area (Å²) in [4.78, 5) is 0. The Morgan fingerprint density at radius 2 is 2.00 bits per heavy atom. The Morgan fingerprint density at radius 3 is 2.60 bits per heavy atom. The lowest BCUT2D eigenvalue weighted by atomic mass is 10.3. The minimum atomic E-state index is 0.398. The maximum atomic E-state index is 4.43. The van der Waals surface area contributed by atoms with Crippen LogP contribution in [-0.2, 0) is 0 Å². The molecule has 0 atom stereocenters. The summed E-state index contributed by atoms with van der Waals surface area (Å²) in [6, 6.07) is 5.05. The summed E-state index contributed by atoms with van der Waals surface area (Å²) < 4.78 is 4.34. The fraction of sp³-hybridized carbons (Fsp3) is 0.500. The zero-order valence-corrected chi connectivity index (χ0v) is 9.81. The molecule has 0 saturated carbocycles. The van der Waals surface area contributed by atoms with Gasteiger partial charge in [-0.15, -0.1) is 4.68 Å². The minimum absolute atomic E-state index is 0.398. The molecule has 0 N–H and O–H groups in total. The molecule has 0 saturated heterocycles. The van der Waals surface area contributed by atoms with Crippen molar-refractivity contribution in [3.05, 3.63) is 24.5 Å². The van der Waals surface area contributed by atoms with Crippen molar-refractivity contribution in [3.63, 3.8) is 0 Å². The van der Waals surface area contributed by atoms with Crippen LogP contribution in [0.2, 0.25) is 0 Å². The van der Waals surface area contributed by atoms with E-state index < -0.39 is 0 Å². The average Bonchev–Trinajstić information content (AvgIpc) is 2.60. The molecule has 2 aromatic heterocycles. The fourth-order valence-corrected chi connectivity index (χ4v) is 1.86. The van der Waals surface area contributed by atoms with E-state index in [0.29, 0.717) is 12.1 Å². The largest absolute Gasteiger partial charge is 0.311 e. The molecule has 3 nitrogen and oxygen atoms in total. The first-order chi connectivity index (χ1) is 7.11. The summed E-state index contributed by atoms with van der Waals surface area (Å²) in [5.74, 6) is 0. The van der Waals surface area contributed by atoms with Crippen LogP contribution in [0.1, 0.15) is 39.8 Å². The lowest BCUT2D eigenvalue weighted by Gasteiger charge is -2.07. The molecule has 0 aliphatic carbocycles. The first-order valence-corrected chi connectivity index (χ1v) is 5.48. The molecule has 3 heteroatoms. The average molecular weight is 204 g/mol. The van der Waals surface area contributed by atoms with Crippen molar-refractivity contribution in [1.82, 2.24) is 9.78 Å². The molecule has 0 radical (unpaired) electrons. The second-order valence-electron chi connectivity index (χ2n) is 4.47. The summed E-state index contributed by atoms with van der Waals surface area (Å²) in [5, 5.41) is 5.64. The molecule has 0 bridgehead atoms. The lowest BCUT2D eigenvalue weighted by molar-refractivity contribution is -0.694. The van der Waals surface area contributed by atoms with Crippen LogP contribution >= 0.6 is 0 Å². The molecule has 2 rings (SSSR count). The summed E-state index contributed by atoms with van der Waals surface area (Å²) in [6.07, 6.45) is 4.06. The van der Waals surface area contributed by atoms with Crippen LogP contribution < -0.4 is 4.57 Å². The molecule has 0 aliphatic rings. The highest BCUT2D eigenvalue weighted by molar-refractivity contribution is 5.71. The molecule has 15 heavy (non-hydrogen) atoms. The van der Waals surface area contributed by atoms with Crippen molar-refractivity contribution in [2.75, 3.05) is 0 Å². The Labute approximate surface area is 90.3 Å². The first kappa shape index (κ1) is 10.1. The van der Waals surface area contributed by atoms with Gasteiger partial charge < -0.3 is 0 Å². The zero-order valence-electron chi connectivity index (χ0n) is 9.81. The summed E-state index contributed by atoms with van der Waals surface area (Å²) in [5.41, 5.74) is 1.21. The second-order valence-corrected chi connectivity index (χ2v) is 4.47. The number of hydrogen-bond donors (Lipinski definition) is 0. The molecule has 0 aliphatic heterocycles. The monoisotopic (exact) mass is 204 g/mol. The number of nitrogens with zero attached hydrogens (tertiary/aromatic N) is 3. The molecular formula is C12H18N3+. The Morgan fingerprint density at radius 1 is 1.27 bits per heavy atom. The molecule has 80 valence electrons. The van der Waals surface area contributed by atoms with Crippen molar-refractivity contribution in [1.29, 1.82) is 0 Å². The number of hydrogen-bond acceptors (Lipinski definition) is 1. The van der Waals surface area contributed by atoms with Gasteiger partial charge in [-0.05, 0) is 39.8 Å². The highest BCUT2D eigenvalue weighted by atomic mass is 15.3. The van der Waals surface area contributed by atoms with E-state index >= 15 is 0 Å². The highest BCUT2D eigenvalue weighted by Crippen LogP contribution is 2.14. The third-order valence-corrected chi connectivity index (χ3v) is 2.61. The van der Waals surface area contributed by atoms with E-state index in [0.717, 1.165) is 0 Å². The van der Waals surface area contributed by atoms with Crippen LogP contribution in [0, 0.1) is 0 Å². The molecule has 0 amide bonds. The van der Waals surface area contributed by atoms with Crippen LogP contribution in [0.4, 0.5) is 0 Å². The van der Waals surface area contributed by atoms with Crippen LogP contribution in [-0.4, -0.2) is 9.78 Å². The first-order valence-electron chi connectivity index (χ1n) is 5.48. The summed E-state index contributed by atoms with van der Waals surface area (Å²) in [6.45, 7) is 8.70. The van der Waals surface area contributed by atoms with Gasteiger partial charge in [-0.3, -0.25) is 0 Å². The fourth-order valence-electron chi connectivity index (χ4n) is 1.86. The molecular weight excluding hydrogens is 186 g/mol. The van der Waals surface area contributed by atoms with Gasteiger partial charge in [0, 0.05) is 0 Å². The predicted molar refractivity (Wildman–Crippen MR) is 60.7 cm³/mol. The third kappa shape index (κ3) is 1.62. The van der Waals surface area contributed by atoms with Crippen molar-refractivity contribution in [3.8, 4) is 0 Å². The van der Waals surface area contributed by atoms with Gasteiger partial charge in [0.05, 0.1) is 23.8 Å². The summed E-state index contributed by atoms with van der Waals surface area (Å²) in [7, 11) is 0. The van der Waals surface area contributed by atoms with E-state index in [-0.39, 0.29) is 0 Å². The Hall–Kier alpha value is -1.38. The molecule has 0 unspecified atom stereocenters. The van der Waals surface area contributed by atoms with Gasteiger partial charge in [-0.1, -0.05) is 5.10 Å². The van der Waals surface area contributed by atoms with Crippen molar-refractivity contribution >= 4 is 11.0 Å². The van der Waals surface area contributed by atoms with Crippen LogP contribution in [0.5, 0.6) is 0 Å². The smallest absolute Gasteiger partial charge is 0.230 e. The Balaban J connectivity index is 2.75. The van der Waals surface area contributed by atoms with Gasteiger partial charge in [0.2, 0.25) is 0 Å². The van der Waals surface area contributed by atoms with E-state index in [2.05, 4.69) is 60.4 Å². The molecule has 0 spiro atoms. The van der Waals surface area contributed by atoms with Crippen LogP contribution in [0.3, 0.4) is 0 Å². The Bertz CT molecular complexity index is 469. The number of fused-ring (bicyclic) bond motifs is 1. The van der Waals surface area contributed by atoms with E-state index in [9.17, 15) is 0 Å². The van der Waals surface area contributed by atoms with Gasteiger partial charge in [0.25, 0.3) is 0 Å². The quantitative estimate of drug-likeness (QED) is 0.689. The number of aromatic nitrogens is 3. The molecule has 2 aromatic rings. The van der Waals surface area contributed by atoms with Gasteiger partial charge in [0.1, 0.15) is 6.04 Å². The normalized spacial score (nSPS) is 11.9. The van der Waals surface area contributed by atoms with Crippen LogP contribution in [0.25, 0.3) is 11.0 Å². The van der Waals surface area contributed by atoms with E-state index in [1.807, 2.05) is 6.20 Å². The van der Waals surface area contributed by atoms with Gasteiger partial charge in [-0.2, -0.15) is 0 Å². The predicted octanol–water partition coefficient (Wildman–Crippen LogP) is 2.49. The van der Waals surface area contributed by atoms with Crippen molar-refractivity contribution in [2.24, 2.45) is 0 Å². The van der Waals surface area contributed by atoms with Gasteiger partial charge in [-0.25, -0.2) is 4.57 Å². The van der Waals surface area contributed by atoms with E-state index in [4.69, 9.17) is 0 Å². The van der Waals surface area contributed by atoms with E-state index in [1.165, 1.54) is 11.0 Å². The van der Waals surface area contributed by atoms with Crippen molar-refractivity contribution in [2.45, 2.75) is 39.8 Å². The standard InChI is InChI=1S/C12H18N3/c1-9(2)14-7-5-6-11-8-13-15(10(3)4)12(11)14/h5-10H,1-4H3/q+1. The highest BCUT2D eigenvalue weighted by Gasteiger charge is 2.19. The lowest BCUT2D eigenvalue weighted by Crippen LogP contribution is -2.38. The number of rotatable bonds is 2. The number of pyridine rings is 1. The second kappa shape index (κ2) is 3.65. The Kier molecular flexibility index (Phi) is 2.47. The molecule has 0 fully saturated rings. The van der Waals surface area contributed by atoms with Crippen LogP contribution in [0.15, 0.2) is 24.5 Å². The SMILES string of the molecule is CC(C)n1ncc2ccc[n+](C(C)C)c21. The van der Waals surface area contributed by atoms with Gasteiger partial charge in [0.15, 0.2) is 0 Å².